The molecule has 13 aromatic rings. The number of hydrogen-bond acceptors (Lipinski definition) is 3. The van der Waals surface area contributed by atoms with Crippen molar-refractivity contribution in [1.29, 1.82) is 0 Å². The number of hydrogen-bond donors (Lipinski definition) is 0. The summed E-state index contributed by atoms with van der Waals surface area (Å²) in [5.41, 5.74) is 17.1. The van der Waals surface area contributed by atoms with E-state index in [1.165, 1.54) is 16.3 Å². The van der Waals surface area contributed by atoms with E-state index in [1.54, 1.807) is 0 Å². The third-order valence-electron chi connectivity index (χ3n) is 12.8. The third kappa shape index (κ3) is 5.70. The van der Waals surface area contributed by atoms with E-state index in [0.717, 1.165) is 106 Å². The molecular formula is C60H38N2O2. The fourth-order valence-corrected chi connectivity index (χ4v) is 9.90. The summed E-state index contributed by atoms with van der Waals surface area (Å²) in [7, 11) is 0. The van der Waals surface area contributed by atoms with Gasteiger partial charge < -0.3 is 18.3 Å². The van der Waals surface area contributed by atoms with E-state index in [-0.39, 0.29) is 0 Å². The largest absolute Gasteiger partial charge is 0.456 e. The Bertz CT molecular complexity index is 3880. The average molecular weight is 819 g/mol. The molecule has 0 saturated heterocycles. The molecule has 0 unspecified atom stereocenters. The summed E-state index contributed by atoms with van der Waals surface area (Å²) in [4.78, 5) is 2.41. The van der Waals surface area contributed by atoms with Gasteiger partial charge in [-0.25, -0.2) is 0 Å². The molecule has 0 bridgehead atoms. The molecule has 0 fully saturated rings. The molecule has 0 aliphatic rings. The zero-order valence-corrected chi connectivity index (χ0v) is 34.7. The molecule has 4 nitrogen and oxygen atoms in total. The fraction of sp³-hybridized carbons (Fsp3) is 0. The summed E-state index contributed by atoms with van der Waals surface area (Å²) in [5.74, 6) is 0. The summed E-state index contributed by atoms with van der Waals surface area (Å²) in [6.45, 7) is 0. The van der Waals surface area contributed by atoms with Gasteiger partial charge >= 0.3 is 0 Å². The zero-order chi connectivity index (χ0) is 42.1. The monoisotopic (exact) mass is 818 g/mol. The van der Waals surface area contributed by atoms with Gasteiger partial charge in [0.05, 0.1) is 16.7 Å². The molecule has 0 aliphatic carbocycles. The molecule has 64 heavy (non-hydrogen) atoms. The number of aromatic nitrogens is 1. The molecule has 0 aliphatic heterocycles. The van der Waals surface area contributed by atoms with E-state index < -0.39 is 0 Å². The lowest BCUT2D eigenvalue weighted by Crippen LogP contribution is -2.10. The number of furan rings is 2. The van der Waals surface area contributed by atoms with Crippen molar-refractivity contribution in [2.24, 2.45) is 0 Å². The Kier molecular flexibility index (Phi) is 8.18. The normalized spacial score (nSPS) is 11.8. The van der Waals surface area contributed by atoms with Crippen LogP contribution in [0.1, 0.15) is 0 Å². The van der Waals surface area contributed by atoms with Crippen molar-refractivity contribution < 1.29 is 8.83 Å². The van der Waals surface area contributed by atoms with E-state index in [9.17, 15) is 0 Å². The van der Waals surface area contributed by atoms with Crippen LogP contribution < -0.4 is 4.90 Å². The van der Waals surface area contributed by atoms with Gasteiger partial charge in [0, 0.05) is 54.9 Å². The van der Waals surface area contributed by atoms with Crippen molar-refractivity contribution >= 4 is 82.7 Å². The van der Waals surface area contributed by atoms with Crippen molar-refractivity contribution in [3.8, 4) is 39.1 Å². The second-order valence-corrected chi connectivity index (χ2v) is 16.4. The van der Waals surface area contributed by atoms with E-state index in [1.807, 2.05) is 18.2 Å². The summed E-state index contributed by atoms with van der Waals surface area (Å²) in [6.07, 6.45) is 0. The number of benzene rings is 10. The molecule has 10 aromatic carbocycles. The molecule has 4 heteroatoms. The van der Waals surface area contributed by atoms with Crippen molar-refractivity contribution in [2.45, 2.75) is 0 Å². The first kappa shape index (κ1) is 36.1. The van der Waals surface area contributed by atoms with Crippen LogP contribution in [0.15, 0.2) is 239 Å². The van der Waals surface area contributed by atoms with E-state index >= 15 is 0 Å². The molecule has 0 saturated carbocycles. The third-order valence-corrected chi connectivity index (χ3v) is 12.8. The summed E-state index contributed by atoms with van der Waals surface area (Å²) in [6, 6.07) is 82.1. The smallest absolute Gasteiger partial charge is 0.143 e. The molecule has 0 atom stereocenters. The van der Waals surface area contributed by atoms with Gasteiger partial charge in [-0.3, -0.25) is 0 Å². The SMILES string of the molecule is c1ccc(-c2cccc3c2oc2ccc(-c4ccc(N(c5ccc(-c6cccc7oc8ccccc8c67)cc5)c5cccc6c5c5ccccc5n6-c5ccccc5)cc4)cc23)cc1. The first-order valence-electron chi connectivity index (χ1n) is 21.7. The molecule has 300 valence electrons. The summed E-state index contributed by atoms with van der Waals surface area (Å²) >= 11 is 0. The molecular weight excluding hydrogens is 781 g/mol. The number of para-hydroxylation sites is 4. The summed E-state index contributed by atoms with van der Waals surface area (Å²) < 4.78 is 15.2. The van der Waals surface area contributed by atoms with Crippen LogP contribution >= 0.6 is 0 Å². The van der Waals surface area contributed by atoms with E-state index in [2.05, 4.69) is 222 Å². The van der Waals surface area contributed by atoms with Crippen LogP contribution in [0.4, 0.5) is 17.1 Å². The van der Waals surface area contributed by atoms with Gasteiger partial charge in [-0.15, -0.1) is 0 Å². The Morgan fingerprint density at radius 2 is 0.906 bits per heavy atom. The Hall–Kier alpha value is -8.60. The number of fused-ring (bicyclic) bond motifs is 9. The maximum atomic E-state index is 6.53. The van der Waals surface area contributed by atoms with Crippen LogP contribution in [0, 0.1) is 0 Å². The van der Waals surface area contributed by atoms with Crippen LogP contribution in [0.3, 0.4) is 0 Å². The van der Waals surface area contributed by atoms with Crippen LogP contribution in [0.2, 0.25) is 0 Å². The lowest BCUT2D eigenvalue weighted by atomic mass is 9.98. The van der Waals surface area contributed by atoms with Gasteiger partial charge in [0.15, 0.2) is 0 Å². The van der Waals surface area contributed by atoms with E-state index in [0.29, 0.717) is 0 Å². The molecule has 0 radical (unpaired) electrons. The van der Waals surface area contributed by atoms with Crippen LogP contribution in [-0.2, 0) is 0 Å². The predicted molar refractivity (Wildman–Crippen MR) is 266 cm³/mol. The van der Waals surface area contributed by atoms with Gasteiger partial charge in [-0.1, -0.05) is 152 Å². The maximum Gasteiger partial charge on any atom is 0.143 e. The highest BCUT2D eigenvalue weighted by Gasteiger charge is 2.22. The number of anilines is 3. The quantitative estimate of drug-likeness (QED) is 0.161. The maximum absolute atomic E-state index is 6.53. The van der Waals surface area contributed by atoms with Crippen LogP contribution in [0.5, 0.6) is 0 Å². The topological polar surface area (TPSA) is 34.5 Å². The first-order chi connectivity index (χ1) is 31.7. The second-order valence-electron chi connectivity index (χ2n) is 16.4. The van der Waals surface area contributed by atoms with Gasteiger partial charge in [0.1, 0.15) is 22.3 Å². The highest BCUT2D eigenvalue weighted by Crippen LogP contribution is 2.46. The molecule has 3 heterocycles. The molecule has 0 N–H and O–H groups in total. The first-order valence-corrected chi connectivity index (χ1v) is 21.7. The predicted octanol–water partition coefficient (Wildman–Crippen LogP) is 17.1. The van der Waals surface area contributed by atoms with Gasteiger partial charge in [-0.05, 0) is 107 Å². The minimum Gasteiger partial charge on any atom is -0.456 e. The number of nitrogens with zero attached hydrogens (tertiary/aromatic N) is 2. The summed E-state index contributed by atoms with van der Waals surface area (Å²) in [5, 5.41) is 6.87. The second kappa shape index (κ2) is 14.5. The van der Waals surface area contributed by atoms with Crippen LogP contribution in [0.25, 0.3) is 105 Å². The van der Waals surface area contributed by atoms with Crippen molar-refractivity contribution in [2.75, 3.05) is 4.90 Å². The Balaban J connectivity index is 0.962. The Labute approximate surface area is 369 Å². The van der Waals surface area contributed by atoms with Gasteiger partial charge in [-0.2, -0.15) is 0 Å². The minimum absolute atomic E-state index is 0.883. The van der Waals surface area contributed by atoms with Crippen molar-refractivity contribution in [1.82, 2.24) is 4.57 Å². The fourth-order valence-electron chi connectivity index (χ4n) is 9.90. The van der Waals surface area contributed by atoms with Crippen molar-refractivity contribution in [3.05, 3.63) is 231 Å². The minimum atomic E-state index is 0.883. The standard InChI is InChI=1S/C60H38N2O2/c1-3-14-40(15-4-1)47-21-11-22-48-51-38-42(32-37-56(51)64-60(47)48)39-28-33-44(34-29-39)61(45-35-30-41(31-36-45)46-20-12-27-57-58(46)50-19-8-10-26-55(50)63-57)53-24-13-25-54-59(53)49-18-7-9-23-52(49)62(54)43-16-5-2-6-17-43/h1-38H. The average Bonchev–Trinajstić information content (AvgIpc) is 4.05. The zero-order valence-electron chi connectivity index (χ0n) is 34.7. The van der Waals surface area contributed by atoms with Crippen LogP contribution in [-0.4, -0.2) is 4.57 Å². The highest BCUT2D eigenvalue weighted by atomic mass is 16.3. The molecule has 0 spiro atoms. The van der Waals surface area contributed by atoms with Gasteiger partial charge in [0.25, 0.3) is 0 Å². The lowest BCUT2D eigenvalue weighted by Gasteiger charge is -2.27. The number of rotatable bonds is 7. The van der Waals surface area contributed by atoms with E-state index in [4.69, 9.17) is 8.83 Å². The lowest BCUT2D eigenvalue weighted by molar-refractivity contribution is 0.669. The van der Waals surface area contributed by atoms with Gasteiger partial charge in [0.2, 0.25) is 0 Å². The Morgan fingerprint density at radius 3 is 1.72 bits per heavy atom. The Morgan fingerprint density at radius 1 is 0.328 bits per heavy atom. The molecule has 13 rings (SSSR count). The van der Waals surface area contributed by atoms with Crippen molar-refractivity contribution in [3.63, 3.8) is 0 Å². The highest BCUT2D eigenvalue weighted by molar-refractivity contribution is 6.17. The molecule has 3 aromatic heterocycles. The molecule has 0 amide bonds.